The third-order valence-corrected chi connectivity index (χ3v) is 6.01. The third kappa shape index (κ3) is 2.42. The monoisotopic (exact) mass is 342 g/mol. The fourth-order valence-electron chi connectivity index (χ4n) is 4.17. The molecular formula is C19H23FN4O. The predicted octanol–water partition coefficient (Wildman–Crippen LogP) is 3.75. The van der Waals surface area contributed by atoms with Crippen molar-refractivity contribution in [3.8, 4) is 5.69 Å². The normalized spacial score (nSPS) is 23.5. The number of fused-ring (bicyclic) bond motifs is 1. The summed E-state index contributed by atoms with van der Waals surface area (Å²) >= 11 is 0. The highest BCUT2D eigenvalue weighted by Gasteiger charge is 2.62. The first-order chi connectivity index (χ1) is 11.8. The van der Waals surface area contributed by atoms with Crippen LogP contribution >= 0.6 is 0 Å². The SMILES string of the molecule is Cc1nn(-c2ccccc2F)c(C)c1NC(=O)N1CC2C(C1)C2(C)C. The van der Waals surface area contributed by atoms with E-state index in [1.165, 1.54) is 6.07 Å². The molecule has 1 aromatic heterocycles. The number of halogens is 1. The summed E-state index contributed by atoms with van der Waals surface area (Å²) < 4.78 is 15.6. The number of carbonyl (C=O) groups excluding carboxylic acids is 1. The van der Waals surface area contributed by atoms with Crippen LogP contribution < -0.4 is 5.32 Å². The Morgan fingerprint density at radius 1 is 1.24 bits per heavy atom. The van der Waals surface area contributed by atoms with E-state index in [9.17, 15) is 9.18 Å². The van der Waals surface area contributed by atoms with Crippen LogP contribution in [-0.2, 0) is 0 Å². The minimum absolute atomic E-state index is 0.0951. The summed E-state index contributed by atoms with van der Waals surface area (Å²) in [6.45, 7) is 9.82. The molecule has 1 saturated heterocycles. The molecule has 6 heteroatoms. The molecule has 4 rings (SSSR count). The van der Waals surface area contributed by atoms with Gasteiger partial charge < -0.3 is 10.2 Å². The number of para-hydroxylation sites is 1. The molecule has 1 aliphatic carbocycles. The van der Waals surface area contributed by atoms with E-state index in [1.807, 2.05) is 18.7 Å². The van der Waals surface area contributed by atoms with Crippen molar-refractivity contribution in [2.45, 2.75) is 27.7 Å². The van der Waals surface area contributed by atoms with Crippen LogP contribution in [0, 0.1) is 36.9 Å². The van der Waals surface area contributed by atoms with Gasteiger partial charge in [0.05, 0.1) is 17.1 Å². The highest BCUT2D eigenvalue weighted by atomic mass is 19.1. The smallest absolute Gasteiger partial charge is 0.321 e. The number of likely N-dealkylation sites (tertiary alicyclic amines) is 1. The lowest BCUT2D eigenvalue weighted by Gasteiger charge is -2.22. The van der Waals surface area contributed by atoms with Gasteiger partial charge in [0.1, 0.15) is 11.5 Å². The average Bonchev–Trinajstić information content (AvgIpc) is 2.93. The van der Waals surface area contributed by atoms with Crippen LogP contribution in [0.15, 0.2) is 24.3 Å². The van der Waals surface area contributed by atoms with Crippen molar-refractivity contribution < 1.29 is 9.18 Å². The second kappa shape index (κ2) is 5.31. The molecule has 1 aromatic carbocycles. The quantitative estimate of drug-likeness (QED) is 0.904. The van der Waals surface area contributed by atoms with Crippen molar-refractivity contribution in [1.82, 2.24) is 14.7 Å². The zero-order valence-electron chi connectivity index (χ0n) is 15.0. The van der Waals surface area contributed by atoms with Crippen LogP contribution in [0.25, 0.3) is 5.69 Å². The minimum atomic E-state index is -0.340. The summed E-state index contributed by atoms with van der Waals surface area (Å²) in [6.07, 6.45) is 0. The van der Waals surface area contributed by atoms with Gasteiger partial charge in [-0.1, -0.05) is 26.0 Å². The van der Waals surface area contributed by atoms with Crippen LogP contribution in [0.5, 0.6) is 0 Å². The van der Waals surface area contributed by atoms with E-state index in [2.05, 4.69) is 24.3 Å². The van der Waals surface area contributed by atoms with Crippen molar-refractivity contribution in [2.24, 2.45) is 17.3 Å². The first-order valence-corrected chi connectivity index (χ1v) is 8.67. The maximum Gasteiger partial charge on any atom is 0.321 e. The molecule has 2 aromatic rings. The molecule has 2 heterocycles. The van der Waals surface area contributed by atoms with Crippen LogP contribution in [0.3, 0.4) is 0 Å². The fraction of sp³-hybridized carbons (Fsp3) is 0.474. The largest absolute Gasteiger partial charge is 0.324 e. The number of nitrogens with one attached hydrogen (secondary N) is 1. The fourth-order valence-corrected chi connectivity index (χ4v) is 4.17. The maximum atomic E-state index is 14.1. The Hall–Kier alpha value is -2.37. The Morgan fingerprint density at radius 2 is 1.88 bits per heavy atom. The molecule has 2 fully saturated rings. The topological polar surface area (TPSA) is 50.2 Å². The van der Waals surface area contributed by atoms with Gasteiger partial charge >= 0.3 is 6.03 Å². The van der Waals surface area contributed by atoms with E-state index in [1.54, 1.807) is 22.9 Å². The predicted molar refractivity (Wildman–Crippen MR) is 94.3 cm³/mol. The first-order valence-electron chi connectivity index (χ1n) is 8.67. The lowest BCUT2D eigenvalue weighted by atomic mass is 10.1. The second-order valence-corrected chi connectivity index (χ2v) is 7.78. The zero-order chi connectivity index (χ0) is 17.9. The maximum absolute atomic E-state index is 14.1. The molecule has 132 valence electrons. The van der Waals surface area contributed by atoms with Crippen LogP contribution in [0.4, 0.5) is 14.9 Å². The second-order valence-electron chi connectivity index (χ2n) is 7.78. The zero-order valence-corrected chi connectivity index (χ0v) is 15.0. The molecular weight excluding hydrogens is 319 g/mol. The summed E-state index contributed by atoms with van der Waals surface area (Å²) in [6, 6.07) is 6.40. The molecule has 1 aliphatic heterocycles. The van der Waals surface area contributed by atoms with Crippen LogP contribution in [0.2, 0.25) is 0 Å². The van der Waals surface area contributed by atoms with Gasteiger partial charge in [-0.25, -0.2) is 13.9 Å². The molecule has 1 N–H and O–H groups in total. The van der Waals surface area contributed by atoms with Gasteiger partial charge in [0, 0.05) is 13.1 Å². The summed E-state index contributed by atoms with van der Waals surface area (Å²) in [5, 5.41) is 7.39. The lowest BCUT2D eigenvalue weighted by molar-refractivity contribution is 0.209. The first kappa shape index (κ1) is 16.1. The number of benzene rings is 1. The Kier molecular flexibility index (Phi) is 3.42. The Bertz CT molecular complexity index is 843. The Balaban J connectivity index is 1.54. The third-order valence-electron chi connectivity index (χ3n) is 6.01. The minimum Gasteiger partial charge on any atom is -0.324 e. The molecule has 2 atom stereocenters. The number of nitrogens with zero attached hydrogens (tertiary/aromatic N) is 3. The molecule has 2 unspecified atom stereocenters. The molecule has 2 amide bonds. The highest BCUT2D eigenvalue weighted by molar-refractivity contribution is 5.91. The Labute approximate surface area is 146 Å². The summed E-state index contributed by atoms with van der Waals surface area (Å²) in [5.74, 6) is 0.885. The van der Waals surface area contributed by atoms with Gasteiger partial charge in [0.25, 0.3) is 0 Å². The van der Waals surface area contributed by atoms with Crippen molar-refractivity contribution in [1.29, 1.82) is 0 Å². The van der Waals surface area contributed by atoms with E-state index in [0.29, 0.717) is 34.3 Å². The molecule has 1 saturated carbocycles. The molecule has 25 heavy (non-hydrogen) atoms. The van der Waals surface area contributed by atoms with E-state index < -0.39 is 0 Å². The lowest BCUT2D eigenvalue weighted by Crippen LogP contribution is -2.36. The number of aromatic nitrogens is 2. The average molecular weight is 342 g/mol. The van der Waals surface area contributed by atoms with Gasteiger partial charge in [0.15, 0.2) is 0 Å². The molecule has 5 nitrogen and oxygen atoms in total. The number of urea groups is 1. The van der Waals surface area contributed by atoms with Crippen molar-refractivity contribution in [3.63, 3.8) is 0 Å². The van der Waals surface area contributed by atoms with E-state index in [4.69, 9.17) is 0 Å². The van der Waals surface area contributed by atoms with Gasteiger partial charge in [-0.15, -0.1) is 0 Å². The van der Waals surface area contributed by atoms with Crippen molar-refractivity contribution >= 4 is 11.7 Å². The van der Waals surface area contributed by atoms with Gasteiger partial charge in [0.2, 0.25) is 0 Å². The van der Waals surface area contributed by atoms with Crippen LogP contribution in [0.1, 0.15) is 25.2 Å². The van der Waals surface area contributed by atoms with Gasteiger partial charge in [-0.05, 0) is 43.2 Å². The van der Waals surface area contributed by atoms with Gasteiger partial charge in [-0.3, -0.25) is 0 Å². The number of piperidine rings is 1. The summed E-state index contributed by atoms with van der Waals surface area (Å²) in [4.78, 5) is 14.5. The number of aryl methyl sites for hydroxylation is 1. The molecule has 0 radical (unpaired) electrons. The highest BCUT2D eigenvalue weighted by Crippen LogP contribution is 2.61. The Morgan fingerprint density at radius 3 is 2.52 bits per heavy atom. The number of anilines is 1. The van der Waals surface area contributed by atoms with E-state index >= 15 is 0 Å². The number of hydrogen-bond acceptors (Lipinski definition) is 2. The van der Waals surface area contributed by atoms with Crippen molar-refractivity contribution in [3.05, 3.63) is 41.5 Å². The molecule has 2 aliphatic rings. The van der Waals surface area contributed by atoms with E-state index in [0.717, 1.165) is 18.8 Å². The van der Waals surface area contributed by atoms with Gasteiger partial charge in [-0.2, -0.15) is 5.10 Å². The number of amides is 2. The number of carbonyl (C=O) groups is 1. The van der Waals surface area contributed by atoms with E-state index in [-0.39, 0.29) is 11.8 Å². The summed E-state index contributed by atoms with van der Waals surface area (Å²) in [7, 11) is 0. The summed E-state index contributed by atoms with van der Waals surface area (Å²) in [5.41, 5.74) is 2.82. The van der Waals surface area contributed by atoms with Crippen molar-refractivity contribution in [2.75, 3.05) is 18.4 Å². The molecule has 0 bridgehead atoms. The standard InChI is InChI=1S/C19H23FN4O/c1-11-17(12(2)24(22-11)16-8-6-5-7-15(16)20)21-18(25)23-9-13-14(10-23)19(13,3)4/h5-8,13-14H,9-10H2,1-4H3,(H,21,25). The number of hydrogen-bond donors (Lipinski definition) is 1. The molecule has 0 spiro atoms. The van der Waals surface area contributed by atoms with Crippen LogP contribution in [-0.4, -0.2) is 33.8 Å². The number of rotatable bonds is 2.